The predicted octanol–water partition coefficient (Wildman–Crippen LogP) is 3.53. The summed E-state index contributed by atoms with van der Waals surface area (Å²) in [6, 6.07) is 7.52. The molecule has 2 N–H and O–H groups in total. The van der Waals surface area contributed by atoms with Gasteiger partial charge < -0.3 is 10.2 Å². The van der Waals surface area contributed by atoms with Crippen LogP contribution in [0.4, 0.5) is 0 Å². The fourth-order valence-electron chi connectivity index (χ4n) is 5.72. The van der Waals surface area contributed by atoms with Crippen molar-refractivity contribution in [2.45, 2.75) is 57.1 Å². The van der Waals surface area contributed by atoms with Gasteiger partial charge in [-0.05, 0) is 74.8 Å². The van der Waals surface area contributed by atoms with Crippen LogP contribution in [0.25, 0.3) is 0 Å². The van der Waals surface area contributed by atoms with Crippen molar-refractivity contribution in [1.29, 1.82) is 0 Å². The lowest BCUT2D eigenvalue weighted by molar-refractivity contribution is -0.168. The third-order valence-corrected chi connectivity index (χ3v) is 6.34. The van der Waals surface area contributed by atoms with E-state index in [-0.39, 0.29) is 17.2 Å². The molecule has 3 nitrogen and oxygen atoms in total. The molecule has 0 spiro atoms. The summed E-state index contributed by atoms with van der Waals surface area (Å²) in [5.74, 6) is 1.66. The molecule has 4 saturated carbocycles. The maximum absolute atomic E-state index is 10.9. The largest absolute Gasteiger partial charge is 0.507 e. The van der Waals surface area contributed by atoms with Gasteiger partial charge in [-0.1, -0.05) is 12.1 Å². The Hall–Kier alpha value is -1.35. The minimum absolute atomic E-state index is 0.166. The first-order valence-corrected chi connectivity index (χ1v) is 8.52. The molecule has 0 amide bonds. The van der Waals surface area contributed by atoms with Crippen LogP contribution >= 0.6 is 0 Å². The Bertz CT molecular complexity index is 595. The number of rotatable bonds is 3. The van der Waals surface area contributed by atoms with Crippen molar-refractivity contribution < 1.29 is 10.2 Å². The average Bonchev–Trinajstić information content (AvgIpc) is 2.43. The number of benzene rings is 1. The Kier molecular flexibility index (Phi) is 3.12. The number of phenolic OH excluding ortho intramolecular Hbond substituents is 1. The standard InChI is InChI=1S/C19H25NO2/c1-13(20-11-16-4-2-3-5-17(16)21)18-7-14-6-15(8-18)10-19(22,9-14)12-18/h2-5,11,13-15,21-22H,6-10,12H2,1H3. The minimum Gasteiger partial charge on any atom is -0.507 e. The molecule has 0 heterocycles. The molecule has 118 valence electrons. The first kappa shape index (κ1) is 14.3. The topological polar surface area (TPSA) is 52.8 Å². The third-order valence-electron chi connectivity index (χ3n) is 6.34. The monoisotopic (exact) mass is 299 g/mol. The van der Waals surface area contributed by atoms with Gasteiger partial charge in [0.1, 0.15) is 5.75 Å². The van der Waals surface area contributed by atoms with E-state index in [0.717, 1.165) is 24.8 Å². The highest BCUT2D eigenvalue weighted by Gasteiger charge is 2.58. The van der Waals surface area contributed by atoms with Crippen LogP contribution in [0.15, 0.2) is 29.3 Å². The molecule has 0 aliphatic heterocycles. The molecule has 0 radical (unpaired) electrons. The highest BCUT2D eigenvalue weighted by Crippen LogP contribution is 2.63. The van der Waals surface area contributed by atoms with E-state index in [1.807, 2.05) is 24.4 Å². The van der Waals surface area contributed by atoms with Gasteiger partial charge in [0.15, 0.2) is 0 Å². The maximum atomic E-state index is 10.9. The van der Waals surface area contributed by atoms with Crippen molar-refractivity contribution in [2.75, 3.05) is 0 Å². The Morgan fingerprint density at radius 3 is 2.50 bits per heavy atom. The Morgan fingerprint density at radius 2 is 1.86 bits per heavy atom. The summed E-state index contributed by atoms with van der Waals surface area (Å²) < 4.78 is 0. The molecule has 3 heteroatoms. The van der Waals surface area contributed by atoms with Gasteiger partial charge in [-0.2, -0.15) is 0 Å². The second-order valence-electron chi connectivity index (χ2n) is 8.06. The van der Waals surface area contributed by atoms with Gasteiger partial charge >= 0.3 is 0 Å². The smallest absolute Gasteiger partial charge is 0.124 e. The van der Waals surface area contributed by atoms with Crippen LogP contribution in [0.5, 0.6) is 5.75 Å². The summed E-state index contributed by atoms with van der Waals surface area (Å²) in [6.07, 6.45) is 8.45. The Labute approximate surface area is 132 Å². The number of aliphatic imine (C=N–C) groups is 1. The molecule has 4 aliphatic carbocycles. The summed E-state index contributed by atoms with van der Waals surface area (Å²) in [5.41, 5.74) is 0.514. The van der Waals surface area contributed by atoms with E-state index in [1.54, 1.807) is 6.07 Å². The molecular formula is C19H25NO2. The molecule has 1 aromatic rings. The quantitative estimate of drug-likeness (QED) is 0.839. The van der Waals surface area contributed by atoms with Gasteiger partial charge in [0, 0.05) is 11.8 Å². The lowest BCUT2D eigenvalue weighted by atomic mass is 9.46. The number of aromatic hydroxyl groups is 1. The molecule has 0 aromatic heterocycles. The molecule has 4 aliphatic rings. The lowest BCUT2D eigenvalue weighted by Gasteiger charge is -2.61. The molecule has 3 atom stereocenters. The van der Waals surface area contributed by atoms with Crippen molar-refractivity contribution in [3.63, 3.8) is 0 Å². The first-order valence-electron chi connectivity index (χ1n) is 8.52. The van der Waals surface area contributed by atoms with Crippen LogP contribution in [0.2, 0.25) is 0 Å². The Balaban J connectivity index is 1.58. The SMILES string of the molecule is CC(N=Cc1ccccc1O)C12CC3CC(CC(O)(C3)C1)C2. The summed E-state index contributed by atoms with van der Waals surface area (Å²) in [7, 11) is 0. The molecule has 4 fully saturated rings. The molecule has 0 saturated heterocycles. The normalized spacial score (nSPS) is 41.2. The molecule has 4 bridgehead atoms. The van der Waals surface area contributed by atoms with E-state index in [2.05, 4.69) is 6.92 Å². The van der Waals surface area contributed by atoms with Crippen molar-refractivity contribution in [2.24, 2.45) is 22.2 Å². The van der Waals surface area contributed by atoms with Gasteiger partial charge in [0.2, 0.25) is 0 Å². The van der Waals surface area contributed by atoms with Crippen LogP contribution in [0.3, 0.4) is 0 Å². The summed E-state index contributed by atoms with van der Waals surface area (Å²) >= 11 is 0. The van der Waals surface area contributed by atoms with E-state index >= 15 is 0 Å². The number of nitrogens with zero attached hydrogens (tertiary/aromatic N) is 1. The average molecular weight is 299 g/mol. The van der Waals surface area contributed by atoms with Crippen LogP contribution in [0, 0.1) is 17.3 Å². The molecule has 1 aromatic carbocycles. The van der Waals surface area contributed by atoms with Crippen LogP contribution in [-0.4, -0.2) is 28.1 Å². The summed E-state index contributed by atoms with van der Waals surface area (Å²) in [5, 5.41) is 20.7. The number of aliphatic hydroxyl groups is 1. The lowest BCUT2D eigenvalue weighted by Crippen LogP contribution is -2.58. The van der Waals surface area contributed by atoms with E-state index < -0.39 is 5.60 Å². The van der Waals surface area contributed by atoms with Gasteiger partial charge in [0.05, 0.1) is 11.6 Å². The summed E-state index contributed by atoms with van der Waals surface area (Å²) in [4.78, 5) is 4.78. The third kappa shape index (κ3) is 2.26. The van der Waals surface area contributed by atoms with Crippen molar-refractivity contribution in [1.82, 2.24) is 0 Å². The highest BCUT2D eigenvalue weighted by atomic mass is 16.3. The van der Waals surface area contributed by atoms with Crippen LogP contribution < -0.4 is 0 Å². The van der Waals surface area contributed by atoms with Crippen molar-refractivity contribution >= 4 is 6.21 Å². The Morgan fingerprint density at radius 1 is 1.18 bits per heavy atom. The predicted molar refractivity (Wildman–Crippen MR) is 87.2 cm³/mol. The zero-order valence-corrected chi connectivity index (χ0v) is 13.2. The summed E-state index contributed by atoms with van der Waals surface area (Å²) in [6.45, 7) is 2.19. The second kappa shape index (κ2) is 4.82. The van der Waals surface area contributed by atoms with E-state index in [4.69, 9.17) is 4.99 Å². The molecular weight excluding hydrogens is 274 g/mol. The molecule has 5 rings (SSSR count). The molecule has 22 heavy (non-hydrogen) atoms. The van der Waals surface area contributed by atoms with E-state index in [1.165, 1.54) is 19.3 Å². The van der Waals surface area contributed by atoms with Crippen molar-refractivity contribution in [3.05, 3.63) is 29.8 Å². The zero-order chi connectivity index (χ0) is 15.4. The van der Waals surface area contributed by atoms with Gasteiger partial charge in [0.25, 0.3) is 0 Å². The van der Waals surface area contributed by atoms with Gasteiger partial charge in [-0.25, -0.2) is 0 Å². The highest BCUT2D eigenvalue weighted by molar-refractivity contribution is 5.83. The van der Waals surface area contributed by atoms with Crippen molar-refractivity contribution in [3.8, 4) is 5.75 Å². The fourth-order valence-corrected chi connectivity index (χ4v) is 5.72. The number of hydrogen-bond donors (Lipinski definition) is 2. The van der Waals surface area contributed by atoms with Gasteiger partial charge in [-0.15, -0.1) is 0 Å². The number of para-hydroxylation sites is 1. The van der Waals surface area contributed by atoms with E-state index in [0.29, 0.717) is 11.8 Å². The number of phenols is 1. The fraction of sp³-hybridized carbons (Fsp3) is 0.632. The first-order chi connectivity index (χ1) is 10.5. The number of hydrogen-bond acceptors (Lipinski definition) is 3. The second-order valence-corrected chi connectivity index (χ2v) is 8.06. The minimum atomic E-state index is -0.428. The zero-order valence-electron chi connectivity index (χ0n) is 13.2. The van der Waals surface area contributed by atoms with E-state index in [9.17, 15) is 10.2 Å². The van der Waals surface area contributed by atoms with Gasteiger partial charge in [-0.3, -0.25) is 4.99 Å². The van der Waals surface area contributed by atoms with Crippen LogP contribution in [-0.2, 0) is 0 Å². The van der Waals surface area contributed by atoms with Crippen LogP contribution in [0.1, 0.15) is 51.0 Å². The molecule has 3 unspecified atom stereocenters. The maximum Gasteiger partial charge on any atom is 0.124 e.